The van der Waals surface area contributed by atoms with Crippen LogP contribution in [0, 0.1) is 16.0 Å². The van der Waals surface area contributed by atoms with E-state index in [4.69, 9.17) is 5.73 Å². The maximum absolute atomic E-state index is 10.4. The number of hydrogen-bond donors (Lipinski definition) is 1. The molecule has 0 aliphatic rings. The van der Waals surface area contributed by atoms with Gasteiger partial charge < -0.3 is 5.73 Å². The summed E-state index contributed by atoms with van der Waals surface area (Å²) >= 11 is 0. The van der Waals surface area contributed by atoms with E-state index in [0.717, 1.165) is 12.0 Å². The van der Waals surface area contributed by atoms with Crippen molar-refractivity contribution in [2.75, 3.05) is 0 Å². The standard InChI is InChI=1S/C11H16N2O2/c1-3-8(2)11(12)9-4-6-10(7-5-9)13(14)15/h4-8,11H,3,12H2,1-2H3/t8?,11-/m0/s1. The second-order valence-electron chi connectivity index (χ2n) is 3.76. The van der Waals surface area contributed by atoms with Gasteiger partial charge in [0.25, 0.3) is 5.69 Å². The van der Waals surface area contributed by atoms with Crippen LogP contribution < -0.4 is 5.73 Å². The Morgan fingerprint density at radius 1 is 1.40 bits per heavy atom. The lowest BCUT2D eigenvalue weighted by molar-refractivity contribution is -0.384. The van der Waals surface area contributed by atoms with Gasteiger partial charge in [-0.25, -0.2) is 0 Å². The molecule has 0 aromatic heterocycles. The summed E-state index contributed by atoms with van der Waals surface area (Å²) in [5, 5.41) is 10.4. The molecule has 0 heterocycles. The maximum atomic E-state index is 10.4. The Hall–Kier alpha value is -1.42. The highest BCUT2D eigenvalue weighted by molar-refractivity contribution is 5.34. The van der Waals surface area contributed by atoms with Crippen molar-refractivity contribution in [2.45, 2.75) is 26.3 Å². The van der Waals surface area contributed by atoms with E-state index in [1.165, 1.54) is 12.1 Å². The van der Waals surface area contributed by atoms with Crippen LogP contribution in [0.5, 0.6) is 0 Å². The van der Waals surface area contributed by atoms with Crippen LogP contribution in [0.3, 0.4) is 0 Å². The molecular weight excluding hydrogens is 192 g/mol. The number of rotatable bonds is 4. The summed E-state index contributed by atoms with van der Waals surface area (Å²) in [6.07, 6.45) is 0.998. The molecule has 0 saturated carbocycles. The molecule has 1 rings (SSSR count). The Kier molecular flexibility index (Phi) is 3.80. The number of benzene rings is 1. The predicted octanol–water partition coefficient (Wildman–Crippen LogP) is 2.64. The van der Waals surface area contributed by atoms with E-state index in [-0.39, 0.29) is 11.7 Å². The molecule has 0 bridgehead atoms. The minimum absolute atomic E-state index is 0.0456. The molecule has 0 radical (unpaired) electrons. The van der Waals surface area contributed by atoms with E-state index in [1.54, 1.807) is 12.1 Å². The van der Waals surface area contributed by atoms with Crippen molar-refractivity contribution in [1.82, 2.24) is 0 Å². The zero-order chi connectivity index (χ0) is 11.4. The maximum Gasteiger partial charge on any atom is 0.269 e. The highest BCUT2D eigenvalue weighted by atomic mass is 16.6. The van der Waals surface area contributed by atoms with Gasteiger partial charge in [-0.3, -0.25) is 10.1 Å². The average Bonchev–Trinajstić information content (AvgIpc) is 2.27. The molecule has 2 atom stereocenters. The van der Waals surface area contributed by atoms with Crippen LogP contribution >= 0.6 is 0 Å². The van der Waals surface area contributed by atoms with Crippen molar-refractivity contribution in [3.8, 4) is 0 Å². The van der Waals surface area contributed by atoms with Gasteiger partial charge in [-0.2, -0.15) is 0 Å². The molecular formula is C11H16N2O2. The van der Waals surface area contributed by atoms with Crippen molar-refractivity contribution in [1.29, 1.82) is 0 Å². The lowest BCUT2D eigenvalue weighted by Crippen LogP contribution is -2.18. The molecule has 0 aliphatic carbocycles. The van der Waals surface area contributed by atoms with E-state index in [2.05, 4.69) is 13.8 Å². The lowest BCUT2D eigenvalue weighted by atomic mass is 9.93. The van der Waals surface area contributed by atoms with E-state index in [1.807, 2.05) is 0 Å². The second-order valence-corrected chi connectivity index (χ2v) is 3.76. The van der Waals surface area contributed by atoms with Gasteiger partial charge in [0, 0.05) is 18.2 Å². The summed E-state index contributed by atoms with van der Waals surface area (Å²) in [6, 6.07) is 6.41. The average molecular weight is 208 g/mol. The van der Waals surface area contributed by atoms with Gasteiger partial charge in [-0.05, 0) is 11.5 Å². The third-order valence-corrected chi connectivity index (χ3v) is 2.75. The van der Waals surface area contributed by atoms with Crippen molar-refractivity contribution >= 4 is 5.69 Å². The molecule has 1 unspecified atom stereocenters. The first kappa shape index (κ1) is 11.7. The third kappa shape index (κ3) is 2.76. The van der Waals surface area contributed by atoms with Crippen LogP contribution in [0.15, 0.2) is 24.3 Å². The zero-order valence-corrected chi connectivity index (χ0v) is 9.01. The Balaban J connectivity index is 2.84. The van der Waals surface area contributed by atoms with Gasteiger partial charge in [0.05, 0.1) is 4.92 Å². The van der Waals surface area contributed by atoms with Gasteiger partial charge in [0.15, 0.2) is 0 Å². The summed E-state index contributed by atoms with van der Waals surface area (Å²) in [6.45, 7) is 4.15. The Morgan fingerprint density at radius 3 is 2.33 bits per heavy atom. The smallest absolute Gasteiger partial charge is 0.269 e. The molecule has 0 aliphatic heterocycles. The van der Waals surface area contributed by atoms with Crippen LogP contribution in [-0.2, 0) is 0 Å². The highest BCUT2D eigenvalue weighted by Crippen LogP contribution is 2.23. The van der Waals surface area contributed by atoms with Gasteiger partial charge in [-0.15, -0.1) is 0 Å². The van der Waals surface area contributed by atoms with Gasteiger partial charge in [-0.1, -0.05) is 32.4 Å². The first-order valence-corrected chi connectivity index (χ1v) is 5.06. The van der Waals surface area contributed by atoms with Gasteiger partial charge in [0.2, 0.25) is 0 Å². The molecule has 15 heavy (non-hydrogen) atoms. The number of non-ortho nitro benzene ring substituents is 1. The minimum Gasteiger partial charge on any atom is -0.324 e. The first-order valence-electron chi connectivity index (χ1n) is 5.06. The molecule has 2 N–H and O–H groups in total. The molecule has 0 amide bonds. The molecule has 0 spiro atoms. The fraction of sp³-hybridized carbons (Fsp3) is 0.455. The zero-order valence-electron chi connectivity index (χ0n) is 9.01. The number of nitro groups is 1. The molecule has 0 saturated heterocycles. The predicted molar refractivity (Wildman–Crippen MR) is 59.5 cm³/mol. The van der Waals surface area contributed by atoms with Crippen LogP contribution in [0.1, 0.15) is 31.9 Å². The van der Waals surface area contributed by atoms with Crippen molar-refractivity contribution in [3.05, 3.63) is 39.9 Å². The number of nitro benzene ring substituents is 1. The molecule has 82 valence electrons. The Morgan fingerprint density at radius 2 is 1.93 bits per heavy atom. The number of hydrogen-bond acceptors (Lipinski definition) is 3. The largest absolute Gasteiger partial charge is 0.324 e. The SMILES string of the molecule is CCC(C)[C@H](N)c1ccc([N+](=O)[O-])cc1. The molecule has 4 nitrogen and oxygen atoms in total. The second kappa shape index (κ2) is 4.89. The highest BCUT2D eigenvalue weighted by Gasteiger charge is 2.14. The monoisotopic (exact) mass is 208 g/mol. The van der Waals surface area contributed by atoms with Crippen molar-refractivity contribution in [2.24, 2.45) is 11.7 Å². The Labute approximate surface area is 89.2 Å². The van der Waals surface area contributed by atoms with Crippen LogP contribution in [-0.4, -0.2) is 4.92 Å². The van der Waals surface area contributed by atoms with E-state index in [0.29, 0.717) is 5.92 Å². The van der Waals surface area contributed by atoms with E-state index in [9.17, 15) is 10.1 Å². The van der Waals surface area contributed by atoms with Crippen molar-refractivity contribution < 1.29 is 4.92 Å². The van der Waals surface area contributed by atoms with Crippen molar-refractivity contribution in [3.63, 3.8) is 0 Å². The molecule has 1 aromatic carbocycles. The molecule has 1 aromatic rings. The van der Waals surface area contributed by atoms with Gasteiger partial charge >= 0.3 is 0 Å². The quantitative estimate of drug-likeness (QED) is 0.610. The summed E-state index contributed by atoms with van der Waals surface area (Å²) in [4.78, 5) is 10.0. The first-order chi connectivity index (χ1) is 7.06. The lowest BCUT2D eigenvalue weighted by Gasteiger charge is -2.18. The number of nitrogens with two attached hydrogens (primary N) is 1. The van der Waals surface area contributed by atoms with E-state index >= 15 is 0 Å². The van der Waals surface area contributed by atoms with Gasteiger partial charge in [0.1, 0.15) is 0 Å². The normalized spacial score (nSPS) is 14.6. The Bertz CT molecular complexity index is 335. The minimum atomic E-state index is -0.404. The number of nitrogens with zero attached hydrogens (tertiary/aromatic N) is 1. The van der Waals surface area contributed by atoms with Crippen LogP contribution in [0.2, 0.25) is 0 Å². The fourth-order valence-electron chi connectivity index (χ4n) is 1.40. The summed E-state index contributed by atoms with van der Waals surface area (Å²) in [5.74, 6) is 0.381. The summed E-state index contributed by atoms with van der Waals surface area (Å²) < 4.78 is 0. The topological polar surface area (TPSA) is 69.2 Å². The third-order valence-electron chi connectivity index (χ3n) is 2.75. The van der Waals surface area contributed by atoms with Crippen LogP contribution in [0.4, 0.5) is 5.69 Å². The molecule has 0 fully saturated rings. The molecule has 4 heteroatoms. The van der Waals surface area contributed by atoms with Crippen LogP contribution in [0.25, 0.3) is 0 Å². The summed E-state index contributed by atoms with van der Waals surface area (Å²) in [7, 11) is 0. The fourth-order valence-corrected chi connectivity index (χ4v) is 1.40. The summed E-state index contributed by atoms with van der Waals surface area (Å²) in [5.41, 5.74) is 7.07. The van der Waals surface area contributed by atoms with E-state index < -0.39 is 4.92 Å².